The maximum atomic E-state index is 12.2. The van der Waals surface area contributed by atoms with Gasteiger partial charge < -0.3 is 4.74 Å². The molecule has 0 saturated carbocycles. The summed E-state index contributed by atoms with van der Waals surface area (Å²) in [5.41, 5.74) is -0.574. The van der Waals surface area contributed by atoms with E-state index in [-0.39, 0.29) is 17.1 Å². The Morgan fingerprint density at radius 1 is 1.63 bits per heavy atom. The molecule has 1 aromatic rings. The second-order valence-electron chi connectivity index (χ2n) is 4.69. The van der Waals surface area contributed by atoms with Gasteiger partial charge in [0.25, 0.3) is 0 Å². The summed E-state index contributed by atoms with van der Waals surface area (Å²) >= 11 is 0. The molecule has 19 heavy (non-hydrogen) atoms. The van der Waals surface area contributed by atoms with Crippen LogP contribution in [0.1, 0.15) is 25.5 Å². The van der Waals surface area contributed by atoms with Gasteiger partial charge in [-0.25, -0.2) is 18.1 Å². The van der Waals surface area contributed by atoms with E-state index in [1.54, 1.807) is 6.07 Å². The molecule has 1 atom stereocenters. The van der Waals surface area contributed by atoms with Crippen molar-refractivity contribution in [2.75, 3.05) is 13.2 Å². The fraction of sp³-hybridized carbons (Fsp3) is 0.500. The van der Waals surface area contributed by atoms with Crippen LogP contribution in [0.15, 0.2) is 23.2 Å². The van der Waals surface area contributed by atoms with Gasteiger partial charge in [0.1, 0.15) is 11.0 Å². The van der Waals surface area contributed by atoms with Crippen molar-refractivity contribution in [2.45, 2.75) is 30.3 Å². The predicted octanol–water partition coefficient (Wildman–Crippen LogP) is 0.801. The monoisotopic (exact) mass is 281 g/mol. The molecular formula is C12H15N3O3S. The number of aromatic nitrogens is 1. The predicted molar refractivity (Wildman–Crippen MR) is 67.7 cm³/mol. The van der Waals surface area contributed by atoms with Crippen LogP contribution < -0.4 is 4.72 Å². The molecule has 0 amide bonds. The Balaban J connectivity index is 2.17. The Kier molecular flexibility index (Phi) is 3.85. The molecule has 1 fully saturated rings. The normalized spacial score (nSPS) is 23.2. The van der Waals surface area contributed by atoms with Gasteiger partial charge in [-0.15, -0.1) is 0 Å². The lowest BCUT2D eigenvalue weighted by atomic mass is 10.0. The highest BCUT2D eigenvalue weighted by molar-refractivity contribution is 7.89. The molecule has 1 unspecified atom stereocenters. The number of nitrogens with one attached hydrogen (secondary N) is 1. The molecule has 1 N–H and O–H groups in total. The number of hydrogen-bond acceptors (Lipinski definition) is 5. The first-order valence-corrected chi connectivity index (χ1v) is 7.44. The lowest BCUT2D eigenvalue weighted by Gasteiger charge is -2.23. The topological polar surface area (TPSA) is 92.1 Å². The minimum Gasteiger partial charge on any atom is -0.374 e. The second-order valence-corrected chi connectivity index (χ2v) is 6.42. The van der Waals surface area contributed by atoms with Gasteiger partial charge in [0.15, 0.2) is 5.69 Å². The van der Waals surface area contributed by atoms with Crippen LogP contribution in [-0.2, 0) is 14.8 Å². The lowest BCUT2D eigenvalue weighted by molar-refractivity contribution is 0.0250. The molecule has 0 aliphatic carbocycles. The number of hydrogen-bond donors (Lipinski definition) is 1. The van der Waals surface area contributed by atoms with Gasteiger partial charge >= 0.3 is 0 Å². The minimum atomic E-state index is -3.74. The number of nitriles is 1. The highest BCUT2D eigenvalue weighted by Gasteiger charge is 2.32. The van der Waals surface area contributed by atoms with E-state index in [1.807, 2.05) is 6.92 Å². The van der Waals surface area contributed by atoms with Gasteiger partial charge in [-0.2, -0.15) is 5.26 Å². The van der Waals surface area contributed by atoms with Crippen LogP contribution in [-0.4, -0.2) is 32.2 Å². The van der Waals surface area contributed by atoms with Gasteiger partial charge in [0, 0.05) is 19.3 Å². The molecule has 7 heteroatoms. The van der Waals surface area contributed by atoms with E-state index in [2.05, 4.69) is 9.71 Å². The Morgan fingerprint density at radius 3 is 3.05 bits per heavy atom. The summed E-state index contributed by atoms with van der Waals surface area (Å²) in [6.45, 7) is 2.71. The van der Waals surface area contributed by atoms with Crippen molar-refractivity contribution in [1.82, 2.24) is 9.71 Å². The second kappa shape index (κ2) is 5.25. The smallest absolute Gasteiger partial charge is 0.243 e. The van der Waals surface area contributed by atoms with E-state index in [0.29, 0.717) is 6.61 Å². The first-order chi connectivity index (χ1) is 8.97. The third kappa shape index (κ3) is 3.10. The van der Waals surface area contributed by atoms with E-state index < -0.39 is 15.6 Å². The highest BCUT2D eigenvalue weighted by Crippen LogP contribution is 2.24. The molecule has 0 radical (unpaired) electrons. The van der Waals surface area contributed by atoms with Crippen molar-refractivity contribution in [3.8, 4) is 6.07 Å². The van der Waals surface area contributed by atoms with Gasteiger partial charge in [-0.3, -0.25) is 0 Å². The maximum absolute atomic E-state index is 12.2. The van der Waals surface area contributed by atoms with Crippen molar-refractivity contribution in [3.63, 3.8) is 0 Å². The van der Waals surface area contributed by atoms with E-state index >= 15 is 0 Å². The molecular weight excluding hydrogens is 266 g/mol. The molecule has 1 saturated heterocycles. The first kappa shape index (κ1) is 13.9. The molecule has 102 valence electrons. The van der Waals surface area contributed by atoms with E-state index in [1.165, 1.54) is 18.3 Å². The van der Waals surface area contributed by atoms with Crippen LogP contribution in [0.4, 0.5) is 0 Å². The summed E-state index contributed by atoms with van der Waals surface area (Å²) in [5.74, 6) is 0. The number of sulfonamides is 1. The zero-order chi connectivity index (χ0) is 13.9. The molecule has 2 rings (SSSR count). The fourth-order valence-electron chi connectivity index (χ4n) is 1.99. The van der Waals surface area contributed by atoms with Gasteiger partial charge in [0.05, 0.1) is 5.60 Å². The van der Waals surface area contributed by atoms with Crippen molar-refractivity contribution in [1.29, 1.82) is 5.26 Å². The van der Waals surface area contributed by atoms with Gasteiger partial charge in [0.2, 0.25) is 10.0 Å². The molecule has 1 aromatic heterocycles. The quantitative estimate of drug-likeness (QED) is 0.881. The average Bonchev–Trinajstić information content (AvgIpc) is 2.84. The van der Waals surface area contributed by atoms with E-state index in [9.17, 15) is 8.42 Å². The summed E-state index contributed by atoms with van der Waals surface area (Å²) in [5, 5.41) is 8.88. The third-order valence-corrected chi connectivity index (χ3v) is 4.54. The number of nitrogens with zero attached hydrogens (tertiary/aromatic N) is 2. The Bertz CT molecular complexity index is 601. The summed E-state index contributed by atoms with van der Waals surface area (Å²) in [4.78, 5) is 3.65. The Morgan fingerprint density at radius 2 is 2.42 bits per heavy atom. The molecule has 0 spiro atoms. The number of ether oxygens (including phenoxy) is 1. The summed E-state index contributed by atoms with van der Waals surface area (Å²) in [6, 6.07) is 4.63. The van der Waals surface area contributed by atoms with E-state index in [0.717, 1.165) is 12.8 Å². The van der Waals surface area contributed by atoms with Crippen LogP contribution >= 0.6 is 0 Å². The molecule has 2 heterocycles. The average molecular weight is 281 g/mol. The van der Waals surface area contributed by atoms with Crippen LogP contribution in [0, 0.1) is 11.3 Å². The van der Waals surface area contributed by atoms with Crippen LogP contribution in [0.2, 0.25) is 0 Å². The molecule has 1 aliphatic heterocycles. The molecule has 1 aliphatic rings. The zero-order valence-corrected chi connectivity index (χ0v) is 11.4. The summed E-state index contributed by atoms with van der Waals surface area (Å²) < 4.78 is 32.3. The standard InChI is InChI=1S/C12H15N3O3S/c1-12(5-3-7-18-12)9-15-19(16,17)11-4-2-6-14-10(11)8-13/h2,4,6,15H,3,5,7,9H2,1H3. The Labute approximate surface area is 112 Å². The SMILES string of the molecule is CC1(CNS(=O)(=O)c2cccnc2C#N)CCCO1. The van der Waals surface area contributed by atoms with E-state index in [4.69, 9.17) is 10.00 Å². The number of pyridine rings is 1. The van der Waals surface area contributed by atoms with Gasteiger partial charge in [-0.05, 0) is 31.9 Å². The van der Waals surface area contributed by atoms with Crippen molar-refractivity contribution in [2.24, 2.45) is 0 Å². The fourth-order valence-corrected chi connectivity index (χ4v) is 3.25. The van der Waals surface area contributed by atoms with Crippen molar-refractivity contribution < 1.29 is 13.2 Å². The number of rotatable bonds is 4. The molecule has 6 nitrogen and oxygen atoms in total. The highest BCUT2D eigenvalue weighted by atomic mass is 32.2. The van der Waals surface area contributed by atoms with Crippen LogP contribution in [0.25, 0.3) is 0 Å². The largest absolute Gasteiger partial charge is 0.374 e. The van der Waals surface area contributed by atoms with Gasteiger partial charge in [-0.1, -0.05) is 0 Å². The Hall–Kier alpha value is -1.49. The molecule has 0 aromatic carbocycles. The molecule has 0 bridgehead atoms. The lowest BCUT2D eigenvalue weighted by Crippen LogP contribution is -2.40. The van der Waals surface area contributed by atoms with Crippen molar-refractivity contribution in [3.05, 3.63) is 24.0 Å². The minimum absolute atomic E-state index is 0.0981. The van der Waals surface area contributed by atoms with Crippen LogP contribution in [0.5, 0.6) is 0 Å². The van der Waals surface area contributed by atoms with Crippen molar-refractivity contribution >= 4 is 10.0 Å². The zero-order valence-electron chi connectivity index (χ0n) is 10.6. The third-order valence-electron chi connectivity index (χ3n) is 3.10. The first-order valence-electron chi connectivity index (χ1n) is 5.96. The maximum Gasteiger partial charge on any atom is 0.243 e. The van der Waals surface area contributed by atoms with Crippen LogP contribution in [0.3, 0.4) is 0 Å². The summed E-state index contributed by atoms with van der Waals surface area (Å²) in [7, 11) is -3.74. The summed E-state index contributed by atoms with van der Waals surface area (Å²) in [6.07, 6.45) is 3.13.